The number of pyridine rings is 1. The predicted molar refractivity (Wildman–Crippen MR) is 118 cm³/mol. The van der Waals surface area contributed by atoms with Crippen molar-refractivity contribution in [2.75, 3.05) is 37.5 Å². The van der Waals surface area contributed by atoms with E-state index in [4.69, 9.17) is 14.4 Å². The standard InChI is InChI=1S/C22H24N4O3S/c1-30-22-24-20-15(21(25-22)26(7-9-27)8-10-28)12-16-18(20)13-4-2-5-14(13)19(23-16)17-6-3-11-29-17/h3,6,11-12,23,27-28H,2,4-5,7-10H2,1H3. The molecule has 2 aromatic heterocycles. The molecular weight excluding hydrogens is 400 g/mol. The topological polar surface area (TPSA) is 98.4 Å². The summed E-state index contributed by atoms with van der Waals surface area (Å²) in [5.74, 6) is 1.60. The van der Waals surface area contributed by atoms with Gasteiger partial charge in [0.15, 0.2) is 5.16 Å². The molecule has 0 unspecified atom stereocenters. The number of aromatic nitrogens is 3. The van der Waals surface area contributed by atoms with Gasteiger partial charge in [-0.15, -0.1) is 0 Å². The number of hydrogen-bond acceptors (Lipinski definition) is 7. The Morgan fingerprint density at radius 1 is 1.17 bits per heavy atom. The van der Waals surface area contributed by atoms with E-state index in [9.17, 15) is 10.2 Å². The van der Waals surface area contributed by atoms with Gasteiger partial charge >= 0.3 is 0 Å². The minimum atomic E-state index is -0.00943. The fourth-order valence-electron chi connectivity index (χ4n) is 4.54. The molecule has 2 aromatic rings. The van der Waals surface area contributed by atoms with E-state index in [0.29, 0.717) is 18.2 Å². The monoisotopic (exact) mass is 424 g/mol. The maximum absolute atomic E-state index is 9.54. The summed E-state index contributed by atoms with van der Waals surface area (Å²) in [6.45, 7) is 0.790. The number of nitrogens with one attached hydrogen (secondary N) is 1. The number of thioether (sulfide) groups is 1. The molecule has 7 nitrogen and oxygen atoms in total. The first-order valence-electron chi connectivity index (χ1n) is 10.2. The summed E-state index contributed by atoms with van der Waals surface area (Å²) in [5, 5.41) is 20.7. The zero-order valence-corrected chi connectivity index (χ0v) is 17.6. The molecule has 3 aliphatic rings. The maximum atomic E-state index is 9.54. The fraction of sp³-hybridized carbons (Fsp3) is 0.364. The first-order valence-corrected chi connectivity index (χ1v) is 11.4. The minimum absolute atomic E-state index is 0.00943. The van der Waals surface area contributed by atoms with Crippen LogP contribution in [0.15, 0.2) is 34.0 Å². The highest BCUT2D eigenvalue weighted by atomic mass is 32.2. The van der Waals surface area contributed by atoms with Crippen LogP contribution in [0.5, 0.6) is 0 Å². The second kappa shape index (κ2) is 7.94. The van der Waals surface area contributed by atoms with Gasteiger partial charge in [-0.25, -0.2) is 9.97 Å². The SMILES string of the molecule is CSc1nc(N(CCO)CCO)c2cc3[nH]c(-c4ccco4)c4c(c-3c2n1)CCC4. The summed E-state index contributed by atoms with van der Waals surface area (Å²) in [7, 11) is 0. The minimum Gasteiger partial charge on any atom is -0.463 e. The molecule has 0 aromatic carbocycles. The van der Waals surface area contributed by atoms with Crippen LogP contribution in [-0.2, 0) is 12.8 Å². The molecule has 2 aliphatic carbocycles. The van der Waals surface area contributed by atoms with Gasteiger partial charge in [0.25, 0.3) is 0 Å². The molecule has 5 rings (SSSR count). The van der Waals surface area contributed by atoms with Crippen molar-refractivity contribution >= 4 is 28.5 Å². The number of aliphatic hydroxyl groups excluding tert-OH is 2. The zero-order chi connectivity index (χ0) is 20.7. The van der Waals surface area contributed by atoms with Crippen LogP contribution in [0.25, 0.3) is 33.6 Å². The van der Waals surface area contributed by atoms with Crippen LogP contribution in [0.3, 0.4) is 0 Å². The summed E-state index contributed by atoms with van der Waals surface area (Å²) < 4.78 is 5.70. The Kier molecular flexibility index (Phi) is 5.14. The van der Waals surface area contributed by atoms with Crippen molar-refractivity contribution in [1.82, 2.24) is 15.0 Å². The average Bonchev–Trinajstić information content (AvgIpc) is 3.50. The van der Waals surface area contributed by atoms with Crippen LogP contribution < -0.4 is 4.90 Å². The number of anilines is 1. The van der Waals surface area contributed by atoms with Crippen molar-refractivity contribution in [1.29, 1.82) is 0 Å². The van der Waals surface area contributed by atoms with Crippen LogP contribution in [0.1, 0.15) is 17.5 Å². The number of aliphatic hydroxyl groups is 2. The number of nitrogens with zero attached hydrogens (tertiary/aromatic N) is 3. The Balaban J connectivity index is 1.81. The van der Waals surface area contributed by atoms with Gasteiger partial charge in [0.05, 0.1) is 30.7 Å². The number of aromatic amines is 1. The lowest BCUT2D eigenvalue weighted by Gasteiger charge is -2.22. The van der Waals surface area contributed by atoms with Gasteiger partial charge in [0, 0.05) is 29.7 Å². The van der Waals surface area contributed by atoms with E-state index >= 15 is 0 Å². The second-order valence-electron chi connectivity index (χ2n) is 7.45. The third-order valence-corrected chi connectivity index (χ3v) is 6.32. The normalized spacial score (nSPS) is 13.4. The van der Waals surface area contributed by atoms with E-state index in [2.05, 4.69) is 11.1 Å². The molecular formula is C22H24N4O3S. The Labute approximate surface area is 178 Å². The van der Waals surface area contributed by atoms with Gasteiger partial charge in [-0.3, -0.25) is 0 Å². The highest BCUT2D eigenvalue weighted by Crippen LogP contribution is 2.45. The number of rotatable bonds is 7. The Morgan fingerprint density at radius 3 is 2.67 bits per heavy atom. The van der Waals surface area contributed by atoms with E-state index in [0.717, 1.165) is 58.7 Å². The van der Waals surface area contributed by atoms with Gasteiger partial charge in [-0.2, -0.15) is 0 Å². The second-order valence-corrected chi connectivity index (χ2v) is 8.22. The van der Waals surface area contributed by atoms with Crippen LogP contribution in [0.2, 0.25) is 0 Å². The quantitative estimate of drug-likeness (QED) is 0.309. The van der Waals surface area contributed by atoms with Gasteiger partial charge < -0.3 is 24.5 Å². The van der Waals surface area contributed by atoms with Crippen LogP contribution >= 0.6 is 11.8 Å². The van der Waals surface area contributed by atoms with Gasteiger partial charge in [-0.05, 0) is 54.8 Å². The van der Waals surface area contributed by atoms with Crippen molar-refractivity contribution in [3.63, 3.8) is 0 Å². The average molecular weight is 425 g/mol. The van der Waals surface area contributed by atoms with Crippen molar-refractivity contribution in [2.24, 2.45) is 0 Å². The molecule has 0 atom stereocenters. The highest BCUT2D eigenvalue weighted by molar-refractivity contribution is 7.98. The highest BCUT2D eigenvalue weighted by Gasteiger charge is 2.29. The van der Waals surface area contributed by atoms with Crippen molar-refractivity contribution in [3.8, 4) is 22.7 Å². The predicted octanol–water partition coefficient (Wildman–Crippen LogP) is 3.32. The summed E-state index contributed by atoms with van der Waals surface area (Å²) in [5.41, 5.74) is 6.77. The summed E-state index contributed by atoms with van der Waals surface area (Å²) >= 11 is 1.50. The number of fused-ring (bicyclic) bond motifs is 5. The lowest BCUT2D eigenvalue weighted by Crippen LogP contribution is -2.30. The van der Waals surface area contributed by atoms with Crippen LogP contribution in [0, 0.1) is 0 Å². The zero-order valence-electron chi connectivity index (χ0n) is 16.8. The van der Waals surface area contributed by atoms with Crippen molar-refractivity contribution in [3.05, 3.63) is 35.6 Å². The number of hydrogen-bond donors (Lipinski definition) is 3. The number of H-pyrrole nitrogens is 1. The third kappa shape index (κ3) is 3.07. The fourth-order valence-corrected chi connectivity index (χ4v) is 4.90. The molecule has 1 aliphatic heterocycles. The maximum Gasteiger partial charge on any atom is 0.189 e. The van der Waals surface area contributed by atoms with Gasteiger partial charge in [-0.1, -0.05) is 11.8 Å². The first-order chi connectivity index (χ1) is 14.7. The van der Waals surface area contributed by atoms with Gasteiger partial charge in [0.2, 0.25) is 0 Å². The van der Waals surface area contributed by atoms with Crippen LogP contribution in [-0.4, -0.2) is 57.7 Å². The molecule has 30 heavy (non-hydrogen) atoms. The van der Waals surface area contributed by atoms with Gasteiger partial charge in [0.1, 0.15) is 11.6 Å². The molecule has 0 spiro atoms. The van der Waals surface area contributed by atoms with E-state index in [1.54, 1.807) is 6.26 Å². The molecule has 3 N–H and O–H groups in total. The molecule has 0 radical (unpaired) electrons. The molecule has 3 heterocycles. The summed E-state index contributed by atoms with van der Waals surface area (Å²) in [6.07, 6.45) is 6.80. The third-order valence-electron chi connectivity index (χ3n) is 5.77. The summed E-state index contributed by atoms with van der Waals surface area (Å²) in [4.78, 5) is 15.1. The molecule has 0 saturated carbocycles. The summed E-state index contributed by atoms with van der Waals surface area (Å²) in [6, 6.07) is 5.99. The molecule has 8 heteroatoms. The van der Waals surface area contributed by atoms with Crippen molar-refractivity contribution in [2.45, 2.75) is 24.4 Å². The lowest BCUT2D eigenvalue weighted by atomic mass is 10.00. The molecule has 0 bridgehead atoms. The molecule has 0 amide bonds. The Morgan fingerprint density at radius 2 is 1.97 bits per heavy atom. The van der Waals surface area contributed by atoms with E-state index in [-0.39, 0.29) is 13.2 Å². The van der Waals surface area contributed by atoms with E-state index in [1.807, 2.05) is 23.3 Å². The smallest absolute Gasteiger partial charge is 0.189 e. The first kappa shape index (κ1) is 19.4. The Bertz CT molecular complexity index is 1150. The van der Waals surface area contributed by atoms with E-state index in [1.165, 1.54) is 22.9 Å². The Hall–Kier alpha value is -2.55. The van der Waals surface area contributed by atoms with Crippen LogP contribution in [0.4, 0.5) is 5.82 Å². The molecule has 0 fully saturated rings. The van der Waals surface area contributed by atoms with E-state index < -0.39 is 0 Å². The molecule has 0 saturated heterocycles. The lowest BCUT2D eigenvalue weighted by molar-refractivity contribution is 0.280. The van der Waals surface area contributed by atoms with Crippen molar-refractivity contribution < 1.29 is 14.6 Å². The molecule has 156 valence electrons. The largest absolute Gasteiger partial charge is 0.463 e. The number of furan rings is 1.